The van der Waals surface area contributed by atoms with Crippen molar-refractivity contribution in [3.63, 3.8) is 0 Å². The number of anilines is 1. The van der Waals surface area contributed by atoms with Gasteiger partial charge < -0.3 is 25.3 Å². The Labute approximate surface area is 190 Å². The number of rotatable bonds is 13. The summed E-state index contributed by atoms with van der Waals surface area (Å²) in [4.78, 5) is 15.0. The lowest BCUT2D eigenvalue weighted by Crippen LogP contribution is -2.25. The zero-order chi connectivity index (χ0) is 23.5. The molecule has 4 N–H and O–H groups in total. The Morgan fingerprint density at radius 1 is 1.16 bits per heavy atom. The van der Waals surface area contributed by atoms with Crippen LogP contribution in [0.25, 0.3) is 0 Å². The van der Waals surface area contributed by atoms with E-state index in [-0.39, 0.29) is 18.4 Å². The molecule has 0 bridgehead atoms. The molecule has 2 aromatic carbocycles. The zero-order valence-corrected chi connectivity index (χ0v) is 19.3. The number of amidine groups is 1. The van der Waals surface area contributed by atoms with E-state index in [1.165, 1.54) is 0 Å². The fraction of sp³-hybridized carbons (Fsp3) is 0.417. The van der Waals surface area contributed by atoms with Gasteiger partial charge in [-0.05, 0) is 68.4 Å². The number of esters is 1. The summed E-state index contributed by atoms with van der Waals surface area (Å²) < 4.78 is 16.3. The minimum absolute atomic E-state index is 0.00913. The lowest BCUT2D eigenvalue weighted by Gasteiger charge is -2.22. The highest BCUT2D eigenvalue weighted by molar-refractivity contribution is 5.95. The zero-order valence-electron chi connectivity index (χ0n) is 19.3. The van der Waals surface area contributed by atoms with Crippen LogP contribution in [0.4, 0.5) is 5.69 Å². The molecule has 32 heavy (non-hydrogen) atoms. The van der Waals surface area contributed by atoms with Gasteiger partial charge in [0.15, 0.2) is 6.04 Å². The van der Waals surface area contributed by atoms with Crippen molar-refractivity contribution in [2.75, 3.05) is 45.8 Å². The van der Waals surface area contributed by atoms with Gasteiger partial charge in [-0.25, -0.2) is 4.79 Å². The number of carbonyl (C=O) groups excluding carboxylic acids is 1. The van der Waals surface area contributed by atoms with Gasteiger partial charge in [-0.3, -0.25) is 10.3 Å². The molecule has 0 saturated heterocycles. The van der Waals surface area contributed by atoms with Crippen molar-refractivity contribution in [1.82, 2.24) is 4.90 Å². The number of nitrogens with one attached hydrogen (secondary N) is 2. The third-order valence-corrected chi connectivity index (χ3v) is 4.79. The van der Waals surface area contributed by atoms with E-state index >= 15 is 0 Å². The average Bonchev–Trinajstić information content (AvgIpc) is 2.76. The van der Waals surface area contributed by atoms with Crippen LogP contribution in [0.1, 0.15) is 36.6 Å². The molecule has 1 unspecified atom stereocenters. The van der Waals surface area contributed by atoms with E-state index in [2.05, 4.69) is 10.2 Å². The van der Waals surface area contributed by atoms with E-state index in [0.29, 0.717) is 36.8 Å². The molecule has 2 aromatic rings. The maximum atomic E-state index is 12.9. The van der Waals surface area contributed by atoms with Gasteiger partial charge in [0.25, 0.3) is 0 Å². The van der Waals surface area contributed by atoms with Gasteiger partial charge in [0.1, 0.15) is 11.6 Å². The molecule has 0 amide bonds. The van der Waals surface area contributed by atoms with Crippen molar-refractivity contribution in [2.24, 2.45) is 5.73 Å². The lowest BCUT2D eigenvalue weighted by molar-refractivity contribution is -0.144. The number of hydrogen-bond acceptors (Lipinski definition) is 7. The molecule has 0 radical (unpaired) electrons. The number of nitrogens with zero attached hydrogens (tertiary/aromatic N) is 1. The van der Waals surface area contributed by atoms with Crippen LogP contribution < -0.4 is 15.8 Å². The summed E-state index contributed by atoms with van der Waals surface area (Å²) in [6, 6.07) is 12.2. The Morgan fingerprint density at radius 2 is 1.88 bits per heavy atom. The van der Waals surface area contributed by atoms with Crippen molar-refractivity contribution in [3.8, 4) is 5.75 Å². The highest BCUT2D eigenvalue weighted by Crippen LogP contribution is 2.27. The molecule has 0 aliphatic carbocycles. The normalized spacial score (nSPS) is 11.8. The smallest absolute Gasteiger partial charge is 0.333 e. The second-order valence-corrected chi connectivity index (χ2v) is 7.39. The first-order valence-electron chi connectivity index (χ1n) is 10.7. The topological polar surface area (TPSA) is 110 Å². The third-order valence-electron chi connectivity index (χ3n) is 4.79. The molecule has 0 aliphatic rings. The van der Waals surface area contributed by atoms with E-state index < -0.39 is 6.04 Å². The average molecular weight is 443 g/mol. The summed E-state index contributed by atoms with van der Waals surface area (Å²) in [6.07, 6.45) is 0. The van der Waals surface area contributed by atoms with Crippen molar-refractivity contribution < 1.29 is 19.0 Å². The van der Waals surface area contributed by atoms with E-state index in [1.807, 2.05) is 32.2 Å². The molecule has 0 aliphatic heterocycles. The fourth-order valence-corrected chi connectivity index (χ4v) is 3.25. The quantitative estimate of drug-likeness (QED) is 0.248. The van der Waals surface area contributed by atoms with Gasteiger partial charge in [0.05, 0.1) is 19.8 Å². The van der Waals surface area contributed by atoms with Gasteiger partial charge in [-0.15, -0.1) is 0 Å². The molecule has 0 aromatic heterocycles. The third kappa shape index (κ3) is 7.55. The monoisotopic (exact) mass is 442 g/mol. The number of carbonyl (C=O) groups is 1. The van der Waals surface area contributed by atoms with Crippen molar-refractivity contribution in [2.45, 2.75) is 26.4 Å². The van der Waals surface area contributed by atoms with E-state index in [4.69, 9.17) is 25.4 Å². The minimum atomic E-state index is -0.721. The Bertz CT molecular complexity index is 886. The molecule has 0 heterocycles. The number of benzene rings is 2. The van der Waals surface area contributed by atoms with Crippen molar-refractivity contribution >= 4 is 17.5 Å². The van der Waals surface area contributed by atoms with E-state index in [1.54, 1.807) is 38.3 Å². The van der Waals surface area contributed by atoms with Gasteiger partial charge in [0.2, 0.25) is 0 Å². The summed E-state index contributed by atoms with van der Waals surface area (Å²) in [7, 11) is 3.70. The number of methoxy groups -OCH3 is 1. The summed E-state index contributed by atoms with van der Waals surface area (Å²) >= 11 is 0. The minimum Gasteiger partial charge on any atom is -0.494 e. The van der Waals surface area contributed by atoms with Crippen LogP contribution in [0.5, 0.6) is 5.75 Å². The first-order chi connectivity index (χ1) is 15.4. The largest absolute Gasteiger partial charge is 0.494 e. The predicted molar refractivity (Wildman–Crippen MR) is 126 cm³/mol. The maximum Gasteiger partial charge on any atom is 0.333 e. The highest BCUT2D eigenvalue weighted by atomic mass is 16.5. The standard InChI is InChI=1S/C24H34N4O4/c1-5-31-21-14-17(16-28(3)11-12-30-4)13-19(15-21)22(24(29)32-6-2)27-20-9-7-18(8-10-20)23(25)26/h7-10,13-15,22,27H,5-6,11-12,16H2,1-4H3,(H3,25,26). The number of nitrogen functional groups attached to an aromatic ring is 1. The Kier molecular flexibility index (Phi) is 9.97. The predicted octanol–water partition coefficient (Wildman–Crippen LogP) is 3.16. The number of likely N-dealkylation sites (N-methyl/N-ethyl adjacent to an activating group) is 1. The number of hydrogen-bond donors (Lipinski definition) is 3. The molecule has 0 spiro atoms. The van der Waals surface area contributed by atoms with Crippen LogP contribution in [0, 0.1) is 5.41 Å². The van der Waals surface area contributed by atoms with Crippen LogP contribution >= 0.6 is 0 Å². The first kappa shape index (κ1) is 25.2. The Morgan fingerprint density at radius 3 is 2.47 bits per heavy atom. The fourth-order valence-electron chi connectivity index (χ4n) is 3.25. The Balaban J connectivity index is 2.37. The molecule has 0 saturated carbocycles. The van der Waals surface area contributed by atoms with Crippen molar-refractivity contribution in [3.05, 3.63) is 59.2 Å². The van der Waals surface area contributed by atoms with Gasteiger partial charge in [-0.2, -0.15) is 0 Å². The SMILES string of the molecule is CCOC(=O)C(Nc1ccc(C(=N)N)cc1)c1cc(CN(C)CCOC)cc(OCC)c1. The first-order valence-corrected chi connectivity index (χ1v) is 10.7. The van der Waals surface area contributed by atoms with E-state index in [9.17, 15) is 4.79 Å². The summed E-state index contributed by atoms with van der Waals surface area (Å²) in [5.74, 6) is 0.309. The molecule has 2 rings (SSSR count). The maximum absolute atomic E-state index is 12.9. The second kappa shape index (κ2) is 12.7. The lowest BCUT2D eigenvalue weighted by atomic mass is 10.0. The van der Waals surface area contributed by atoms with Crippen LogP contribution in [-0.4, -0.2) is 57.2 Å². The molecular weight excluding hydrogens is 408 g/mol. The summed E-state index contributed by atoms with van der Waals surface area (Å²) in [5.41, 5.74) is 8.64. The molecule has 0 fully saturated rings. The molecule has 8 nitrogen and oxygen atoms in total. The molecule has 1 atom stereocenters. The number of nitrogens with two attached hydrogens (primary N) is 1. The Hall–Kier alpha value is -3.10. The molecule has 8 heteroatoms. The van der Waals surface area contributed by atoms with Crippen LogP contribution in [0.3, 0.4) is 0 Å². The molecule has 174 valence electrons. The van der Waals surface area contributed by atoms with Crippen molar-refractivity contribution in [1.29, 1.82) is 5.41 Å². The van der Waals surface area contributed by atoms with Gasteiger partial charge in [-0.1, -0.05) is 6.07 Å². The summed E-state index contributed by atoms with van der Waals surface area (Å²) in [5, 5.41) is 10.8. The summed E-state index contributed by atoms with van der Waals surface area (Å²) in [6.45, 7) is 6.60. The van der Waals surface area contributed by atoms with Gasteiger partial charge in [0, 0.05) is 31.5 Å². The van der Waals surface area contributed by atoms with E-state index in [0.717, 1.165) is 17.7 Å². The van der Waals surface area contributed by atoms with Gasteiger partial charge >= 0.3 is 5.97 Å². The molecular formula is C24H34N4O4. The van der Waals surface area contributed by atoms with Crippen LogP contribution in [0.15, 0.2) is 42.5 Å². The van der Waals surface area contributed by atoms with Crippen LogP contribution in [-0.2, 0) is 20.8 Å². The highest BCUT2D eigenvalue weighted by Gasteiger charge is 2.23. The number of ether oxygens (including phenoxy) is 3. The van der Waals surface area contributed by atoms with Crippen LogP contribution in [0.2, 0.25) is 0 Å². The second-order valence-electron chi connectivity index (χ2n) is 7.39.